The van der Waals surface area contributed by atoms with Gasteiger partial charge in [0, 0.05) is 31.5 Å². The lowest BCUT2D eigenvalue weighted by molar-refractivity contribution is 0.116. The predicted molar refractivity (Wildman–Crippen MR) is 119 cm³/mol. The van der Waals surface area contributed by atoms with Crippen LogP contribution in [0.1, 0.15) is 69.5 Å². The van der Waals surface area contributed by atoms with Crippen LogP contribution in [0.2, 0.25) is 6.82 Å². The van der Waals surface area contributed by atoms with Gasteiger partial charge in [-0.1, -0.05) is 51.1 Å². The first-order valence-electron chi connectivity index (χ1n) is 11.6. The summed E-state index contributed by atoms with van der Waals surface area (Å²) in [5, 5.41) is 9.83. The second-order valence-electron chi connectivity index (χ2n) is 9.04. The Hall–Kier alpha value is -1.66. The van der Waals surface area contributed by atoms with Gasteiger partial charge in [0.1, 0.15) is 5.69 Å². The number of hydrogen-bond acceptors (Lipinski definition) is 4. The highest BCUT2D eigenvalue weighted by Crippen LogP contribution is 2.29. The van der Waals surface area contributed by atoms with Crippen LogP contribution in [0.4, 0.5) is 0 Å². The van der Waals surface area contributed by atoms with Crippen LogP contribution in [0.5, 0.6) is 0 Å². The minimum atomic E-state index is -0.564. The van der Waals surface area contributed by atoms with Gasteiger partial charge in [0.2, 0.25) is 0 Å². The van der Waals surface area contributed by atoms with E-state index in [0.717, 1.165) is 43.0 Å². The van der Waals surface area contributed by atoms with E-state index >= 15 is 0 Å². The fraction of sp³-hybridized carbons (Fsp3) is 0.652. The van der Waals surface area contributed by atoms with Gasteiger partial charge < -0.3 is 14.5 Å². The summed E-state index contributed by atoms with van der Waals surface area (Å²) in [7, 11) is 0. The van der Waals surface area contributed by atoms with Crippen molar-refractivity contribution in [1.29, 1.82) is 0 Å². The molecule has 0 spiro atoms. The largest absolute Gasteiger partial charge is 0.450 e. The molecule has 1 saturated heterocycles. The molecule has 156 valence electrons. The summed E-state index contributed by atoms with van der Waals surface area (Å²) in [4.78, 5) is 20.5. The molecule has 0 bridgehead atoms. The van der Waals surface area contributed by atoms with E-state index in [9.17, 15) is 9.82 Å². The lowest BCUT2D eigenvalue weighted by atomic mass is 9.67. The molecule has 1 N–H and O–H groups in total. The number of rotatable bonds is 4. The summed E-state index contributed by atoms with van der Waals surface area (Å²) in [5.41, 5.74) is 2.25. The smallest absolute Gasteiger partial charge is 0.292 e. The quantitative estimate of drug-likeness (QED) is 0.800. The molecule has 0 amide bonds. The average Bonchev–Trinajstić information content (AvgIpc) is 2.69. The number of likely N-dealkylation sites (tertiary alicyclic amines) is 1. The lowest BCUT2D eigenvalue weighted by Gasteiger charge is -2.39. The van der Waals surface area contributed by atoms with Gasteiger partial charge >= 0.3 is 0 Å². The van der Waals surface area contributed by atoms with E-state index in [-0.39, 0.29) is 11.6 Å². The van der Waals surface area contributed by atoms with Gasteiger partial charge in [-0.2, -0.15) is 0 Å². The molecule has 1 aliphatic heterocycles. The third-order valence-corrected chi connectivity index (χ3v) is 6.81. The Morgan fingerprint density at radius 3 is 2.34 bits per heavy atom. The third-order valence-electron chi connectivity index (χ3n) is 6.81. The van der Waals surface area contributed by atoms with E-state index in [1.54, 1.807) is 6.82 Å². The van der Waals surface area contributed by atoms with Gasteiger partial charge in [0.15, 0.2) is 0 Å². The van der Waals surface area contributed by atoms with Crippen molar-refractivity contribution in [1.82, 2.24) is 14.5 Å². The average molecular weight is 395 g/mol. The fourth-order valence-electron chi connectivity index (χ4n) is 5.29. The maximum atomic E-state index is 13.3. The zero-order valence-electron chi connectivity index (χ0n) is 17.7. The van der Waals surface area contributed by atoms with Crippen LogP contribution in [0.25, 0.3) is 11.0 Å². The molecule has 0 unspecified atom stereocenters. The first-order valence-corrected chi connectivity index (χ1v) is 11.6. The van der Waals surface area contributed by atoms with Crippen molar-refractivity contribution in [3.05, 3.63) is 40.3 Å². The van der Waals surface area contributed by atoms with Gasteiger partial charge in [-0.05, 0) is 37.8 Å². The molecular weight excluding hydrogens is 361 g/mol. The molecule has 1 aromatic heterocycles. The van der Waals surface area contributed by atoms with E-state index < -0.39 is 6.92 Å². The van der Waals surface area contributed by atoms with Gasteiger partial charge in [-0.15, -0.1) is 0 Å². The molecule has 29 heavy (non-hydrogen) atoms. The predicted octanol–water partition coefficient (Wildman–Crippen LogP) is 3.84. The Labute approximate surface area is 174 Å². The molecule has 4 rings (SSSR count). The van der Waals surface area contributed by atoms with Crippen LogP contribution in [-0.2, 0) is 6.32 Å². The SMILES string of the molecule is CB(O)Cc1nc2ccccc2n(C2CCN(C3CCCCCCC3)CC2)c1=O. The minimum Gasteiger partial charge on any atom is -0.450 e. The van der Waals surface area contributed by atoms with Gasteiger partial charge in [-0.25, -0.2) is 4.98 Å². The van der Waals surface area contributed by atoms with Crippen LogP contribution in [0, 0.1) is 0 Å². The molecule has 0 atom stereocenters. The summed E-state index contributed by atoms with van der Waals surface area (Å²) in [5.74, 6) is 0. The Kier molecular flexibility index (Phi) is 6.71. The summed E-state index contributed by atoms with van der Waals surface area (Å²) in [6.07, 6.45) is 11.9. The van der Waals surface area contributed by atoms with E-state index in [0.29, 0.717) is 12.0 Å². The van der Waals surface area contributed by atoms with E-state index in [2.05, 4.69) is 9.88 Å². The number of benzene rings is 1. The van der Waals surface area contributed by atoms with Gasteiger partial charge in [-0.3, -0.25) is 4.79 Å². The zero-order valence-corrected chi connectivity index (χ0v) is 17.7. The van der Waals surface area contributed by atoms with Crippen LogP contribution < -0.4 is 5.56 Å². The monoisotopic (exact) mass is 395 g/mol. The maximum Gasteiger partial charge on any atom is 0.292 e. The number of hydrogen-bond donors (Lipinski definition) is 1. The Morgan fingerprint density at radius 1 is 1.00 bits per heavy atom. The molecule has 2 aliphatic rings. The molecule has 0 radical (unpaired) electrons. The van der Waals surface area contributed by atoms with Crippen molar-refractivity contribution in [2.75, 3.05) is 13.1 Å². The first-order chi connectivity index (χ1) is 14.1. The first kappa shape index (κ1) is 20.6. The third kappa shape index (κ3) is 4.75. The topological polar surface area (TPSA) is 58.4 Å². The van der Waals surface area contributed by atoms with Crippen molar-refractivity contribution >= 4 is 17.9 Å². The van der Waals surface area contributed by atoms with Gasteiger partial charge in [0.25, 0.3) is 12.5 Å². The van der Waals surface area contributed by atoms with Crippen molar-refractivity contribution in [2.45, 2.75) is 83.0 Å². The molecule has 1 aliphatic carbocycles. The second-order valence-corrected chi connectivity index (χ2v) is 9.04. The summed E-state index contributed by atoms with van der Waals surface area (Å²) < 4.78 is 1.98. The van der Waals surface area contributed by atoms with Gasteiger partial charge in [0.05, 0.1) is 11.0 Å². The highest BCUT2D eigenvalue weighted by Gasteiger charge is 2.28. The molecule has 1 saturated carbocycles. The highest BCUT2D eigenvalue weighted by molar-refractivity contribution is 6.47. The van der Waals surface area contributed by atoms with Crippen LogP contribution in [0.15, 0.2) is 29.1 Å². The molecular formula is C23H34BN3O2. The number of aromatic nitrogens is 2. The lowest BCUT2D eigenvalue weighted by Crippen LogP contribution is -2.44. The normalized spacial score (nSPS) is 20.5. The standard InChI is InChI=1S/C23H34BN3O2/c1-24(29)17-21-23(28)27(22-12-8-7-11-20(22)25-21)19-13-15-26(16-14-19)18-9-5-3-2-4-6-10-18/h7-8,11-12,18-19,29H,2-6,9-10,13-17H2,1H3. The fourth-order valence-corrected chi connectivity index (χ4v) is 5.29. The molecule has 2 heterocycles. The molecule has 5 nitrogen and oxygen atoms in total. The Bertz CT molecular complexity index is 866. The Balaban J connectivity index is 1.56. The molecule has 6 heteroatoms. The summed E-state index contributed by atoms with van der Waals surface area (Å²) in [6.45, 7) is 3.30. The highest BCUT2D eigenvalue weighted by atomic mass is 16.2. The van der Waals surface area contributed by atoms with E-state index in [4.69, 9.17) is 0 Å². The number of fused-ring (bicyclic) bond motifs is 1. The minimum absolute atomic E-state index is 0.0194. The molecule has 1 aromatic carbocycles. The summed E-state index contributed by atoms with van der Waals surface area (Å²) >= 11 is 0. The van der Waals surface area contributed by atoms with Crippen molar-refractivity contribution in [2.24, 2.45) is 0 Å². The molecule has 2 fully saturated rings. The number of nitrogens with zero attached hydrogens (tertiary/aromatic N) is 3. The maximum absolute atomic E-state index is 13.3. The Morgan fingerprint density at radius 2 is 1.66 bits per heavy atom. The molecule has 2 aromatic rings. The van der Waals surface area contributed by atoms with Crippen molar-refractivity contribution < 1.29 is 5.02 Å². The van der Waals surface area contributed by atoms with E-state index in [1.807, 2.05) is 28.8 Å². The van der Waals surface area contributed by atoms with Crippen molar-refractivity contribution in [3.63, 3.8) is 0 Å². The number of piperidine rings is 1. The van der Waals surface area contributed by atoms with Crippen LogP contribution >= 0.6 is 0 Å². The van der Waals surface area contributed by atoms with E-state index in [1.165, 1.54) is 44.9 Å². The summed E-state index contributed by atoms with van der Waals surface area (Å²) in [6, 6.07) is 8.88. The second kappa shape index (κ2) is 9.44. The van der Waals surface area contributed by atoms with Crippen LogP contribution in [-0.4, -0.2) is 45.5 Å². The number of para-hydroxylation sites is 2. The zero-order chi connectivity index (χ0) is 20.2. The van der Waals surface area contributed by atoms with Crippen molar-refractivity contribution in [3.8, 4) is 0 Å². The van der Waals surface area contributed by atoms with Crippen LogP contribution in [0.3, 0.4) is 0 Å².